The third-order valence-electron chi connectivity index (χ3n) is 24.0. The molecular weight excluding hydrogens is 1480 g/mol. The van der Waals surface area contributed by atoms with E-state index in [4.69, 9.17) is 19.9 Å². The fourth-order valence-corrected chi connectivity index (χ4v) is 18.4. The van der Waals surface area contributed by atoms with Crippen molar-refractivity contribution < 1.29 is 0 Å². The molecule has 8 heteroatoms. The van der Waals surface area contributed by atoms with E-state index in [-0.39, 0.29) is 0 Å². The first-order chi connectivity index (χ1) is 60.5. The SMILES string of the molecule is c1ccc(-c2ccc(-c3cc(-c4ccccc4)nc(-c4cccc(-n5c6ccccc6c6c5ccc5c7ccccc7n(-c7ccc(-c8ccccc8)cc7)c56)c4)n3)cc2)cc1.c1ccc(-c2cccc(-c3nc(-c4ccccc4)cc(-c4cccc(-n5c6ccccc6c6c5ccc5c7ccccc7n(-c7cccc8ccccc78)c56)c4)n3)c2)cc1. The Bertz CT molecular complexity index is 8140. The van der Waals surface area contributed by atoms with Gasteiger partial charge in [-0.3, -0.25) is 0 Å². The molecule has 24 rings (SSSR count). The van der Waals surface area contributed by atoms with Gasteiger partial charge in [0, 0.05) is 98.9 Å². The first-order valence-electron chi connectivity index (χ1n) is 41.5. The molecule has 6 aromatic heterocycles. The van der Waals surface area contributed by atoms with Gasteiger partial charge in [-0.05, 0) is 136 Å². The van der Waals surface area contributed by atoms with Crippen molar-refractivity contribution in [3.63, 3.8) is 0 Å². The van der Waals surface area contributed by atoms with Gasteiger partial charge in [-0.1, -0.05) is 352 Å². The minimum absolute atomic E-state index is 0.678. The van der Waals surface area contributed by atoms with Gasteiger partial charge in [0.15, 0.2) is 11.6 Å². The highest BCUT2D eigenvalue weighted by Gasteiger charge is 2.26. The van der Waals surface area contributed by atoms with Crippen LogP contribution in [-0.2, 0) is 0 Å². The van der Waals surface area contributed by atoms with Crippen LogP contribution in [0.5, 0.6) is 0 Å². The van der Waals surface area contributed by atoms with Crippen molar-refractivity contribution in [2.24, 2.45) is 0 Å². The van der Waals surface area contributed by atoms with Crippen molar-refractivity contribution in [2.75, 3.05) is 0 Å². The Morgan fingerprint density at radius 1 is 0.156 bits per heavy atom. The highest BCUT2D eigenvalue weighted by Crippen LogP contribution is 2.47. The van der Waals surface area contributed by atoms with Gasteiger partial charge in [0.2, 0.25) is 0 Å². The summed E-state index contributed by atoms with van der Waals surface area (Å²) >= 11 is 0. The van der Waals surface area contributed by atoms with Crippen molar-refractivity contribution in [2.45, 2.75) is 0 Å². The standard InChI is InChI=1S/C58H38N4.C56H36N4/c1-4-15-39(16-5-1)41-27-29-44(30-28-41)52-38-51(43-19-8-3-9-20-43)59-58(60-52)45-21-14-22-47(37-45)61-54-26-13-11-24-50(54)56-55(61)36-35-49-48-23-10-12-25-53(48)62(57(49)56)46-33-31-42(32-34-46)40-17-6-2-7-18-40;1-3-16-37(17-4-1)40-22-13-24-42(34-40)56-57-48(39-19-5-2-6-20-39)36-49(58-56)41-23-14-25-43(35-41)59-52-30-12-10-28-47(52)54-53(59)33-32-46-45-27-9-11-29-51(45)60(55(46)54)50-31-15-21-38-18-7-8-26-44(38)50/h1-38H;1-36H. The lowest BCUT2D eigenvalue weighted by molar-refractivity contribution is 1.16. The zero-order valence-electron chi connectivity index (χ0n) is 66.3. The van der Waals surface area contributed by atoms with E-state index < -0.39 is 0 Å². The maximum atomic E-state index is 5.29. The van der Waals surface area contributed by atoms with Crippen LogP contribution in [0.1, 0.15) is 0 Å². The maximum Gasteiger partial charge on any atom is 0.160 e. The molecule has 0 fully saturated rings. The van der Waals surface area contributed by atoms with Gasteiger partial charge < -0.3 is 18.3 Å². The van der Waals surface area contributed by atoms with Crippen LogP contribution in [0.3, 0.4) is 0 Å². The zero-order chi connectivity index (χ0) is 80.6. The lowest BCUT2D eigenvalue weighted by Crippen LogP contribution is -1.98. The van der Waals surface area contributed by atoms with E-state index in [0.717, 1.165) is 106 Å². The van der Waals surface area contributed by atoms with Crippen LogP contribution in [0.2, 0.25) is 0 Å². The highest BCUT2D eigenvalue weighted by molar-refractivity contribution is 6.28. The summed E-state index contributed by atoms with van der Waals surface area (Å²) in [4.78, 5) is 20.9. The molecule has 0 amide bonds. The molecule has 122 heavy (non-hydrogen) atoms. The van der Waals surface area contributed by atoms with E-state index in [2.05, 4.69) is 443 Å². The van der Waals surface area contributed by atoms with Gasteiger partial charge in [0.25, 0.3) is 0 Å². The Morgan fingerprint density at radius 2 is 0.475 bits per heavy atom. The Balaban J connectivity index is 0.000000142. The molecule has 0 spiro atoms. The third kappa shape index (κ3) is 12.4. The quantitative estimate of drug-likeness (QED) is 0.115. The van der Waals surface area contributed by atoms with Gasteiger partial charge in [0.1, 0.15) is 0 Å². The van der Waals surface area contributed by atoms with Crippen molar-refractivity contribution in [1.29, 1.82) is 0 Å². The molecule has 18 aromatic carbocycles. The monoisotopic (exact) mass is 1550 g/mol. The Morgan fingerprint density at radius 3 is 0.984 bits per heavy atom. The summed E-state index contributed by atoms with van der Waals surface area (Å²) in [5.41, 5.74) is 30.4. The van der Waals surface area contributed by atoms with Crippen LogP contribution in [-0.4, -0.2) is 38.2 Å². The van der Waals surface area contributed by atoms with E-state index >= 15 is 0 Å². The Labute approximate surface area is 704 Å². The molecule has 570 valence electrons. The minimum atomic E-state index is 0.678. The predicted octanol–water partition coefficient (Wildman–Crippen LogP) is 29.5. The van der Waals surface area contributed by atoms with E-state index in [9.17, 15) is 0 Å². The number of hydrogen-bond donors (Lipinski definition) is 0. The number of rotatable bonds is 13. The Hall–Kier alpha value is -16.4. The van der Waals surface area contributed by atoms with Crippen molar-refractivity contribution >= 4 is 98.0 Å². The number of nitrogens with zero attached hydrogens (tertiary/aromatic N) is 8. The molecule has 0 aliphatic rings. The van der Waals surface area contributed by atoms with Crippen LogP contribution in [0.15, 0.2) is 449 Å². The summed E-state index contributed by atoms with van der Waals surface area (Å²) in [6, 6.07) is 160. The molecule has 24 aromatic rings. The molecule has 8 nitrogen and oxygen atoms in total. The van der Waals surface area contributed by atoms with Crippen molar-refractivity contribution in [3.8, 4) is 124 Å². The average molecular weight is 1560 g/mol. The van der Waals surface area contributed by atoms with Gasteiger partial charge in [-0.25, -0.2) is 19.9 Å². The van der Waals surface area contributed by atoms with Crippen LogP contribution in [0.4, 0.5) is 0 Å². The summed E-state index contributed by atoms with van der Waals surface area (Å²) in [6.45, 7) is 0. The van der Waals surface area contributed by atoms with Crippen LogP contribution < -0.4 is 0 Å². The number of para-hydroxylation sites is 4. The molecule has 0 saturated heterocycles. The van der Waals surface area contributed by atoms with Crippen LogP contribution >= 0.6 is 0 Å². The van der Waals surface area contributed by atoms with Gasteiger partial charge in [-0.15, -0.1) is 0 Å². The zero-order valence-corrected chi connectivity index (χ0v) is 66.3. The van der Waals surface area contributed by atoms with Crippen LogP contribution in [0.25, 0.3) is 222 Å². The molecule has 0 radical (unpaired) electrons. The fraction of sp³-hybridized carbons (Fsp3) is 0. The highest BCUT2D eigenvalue weighted by atomic mass is 15.0. The normalized spacial score (nSPS) is 11.6. The summed E-state index contributed by atoms with van der Waals surface area (Å²) < 4.78 is 9.76. The predicted molar refractivity (Wildman–Crippen MR) is 508 cm³/mol. The fourth-order valence-electron chi connectivity index (χ4n) is 18.4. The Kier molecular flexibility index (Phi) is 17.4. The second kappa shape index (κ2) is 29.9. The maximum absolute atomic E-state index is 5.29. The van der Waals surface area contributed by atoms with E-state index in [0.29, 0.717) is 11.6 Å². The van der Waals surface area contributed by atoms with Crippen molar-refractivity contribution in [3.05, 3.63) is 449 Å². The summed E-state index contributed by atoms with van der Waals surface area (Å²) in [5.74, 6) is 1.37. The lowest BCUT2D eigenvalue weighted by atomic mass is 10.0. The summed E-state index contributed by atoms with van der Waals surface area (Å²) in [6.07, 6.45) is 0. The third-order valence-corrected chi connectivity index (χ3v) is 24.0. The van der Waals surface area contributed by atoms with Gasteiger partial charge in [0.05, 0.1) is 72.6 Å². The number of fused-ring (bicyclic) bond motifs is 15. The summed E-state index contributed by atoms with van der Waals surface area (Å²) in [7, 11) is 0. The topological polar surface area (TPSA) is 71.3 Å². The van der Waals surface area contributed by atoms with Crippen molar-refractivity contribution in [1.82, 2.24) is 38.2 Å². The second-order valence-electron chi connectivity index (χ2n) is 31.2. The molecule has 6 heterocycles. The first kappa shape index (κ1) is 70.9. The minimum Gasteiger partial charge on any atom is -0.309 e. The van der Waals surface area contributed by atoms with E-state index in [1.54, 1.807) is 0 Å². The molecular formula is C114H74N8. The molecule has 0 saturated carbocycles. The molecule has 0 aliphatic heterocycles. The number of hydrogen-bond acceptors (Lipinski definition) is 4. The van der Waals surface area contributed by atoms with E-state index in [1.165, 1.54) is 104 Å². The van der Waals surface area contributed by atoms with Gasteiger partial charge >= 0.3 is 0 Å². The molecule has 0 unspecified atom stereocenters. The first-order valence-corrected chi connectivity index (χ1v) is 41.5. The average Bonchev–Trinajstić information content (AvgIpc) is 1.55. The smallest absolute Gasteiger partial charge is 0.160 e. The van der Waals surface area contributed by atoms with Crippen LogP contribution in [0, 0.1) is 0 Å². The van der Waals surface area contributed by atoms with Gasteiger partial charge in [-0.2, -0.15) is 0 Å². The molecule has 0 atom stereocenters. The number of aromatic nitrogens is 8. The molecule has 0 aliphatic carbocycles. The lowest BCUT2D eigenvalue weighted by Gasteiger charge is -2.13. The summed E-state index contributed by atoms with van der Waals surface area (Å²) in [5, 5.41) is 12.2. The largest absolute Gasteiger partial charge is 0.309 e. The molecule has 0 N–H and O–H groups in total. The number of benzene rings is 18. The molecule has 0 bridgehead atoms. The van der Waals surface area contributed by atoms with E-state index in [1.807, 2.05) is 24.3 Å². The second-order valence-corrected chi connectivity index (χ2v) is 31.2.